The van der Waals surface area contributed by atoms with Crippen LogP contribution in [0.25, 0.3) is 6.08 Å². The van der Waals surface area contributed by atoms with E-state index in [2.05, 4.69) is 9.80 Å². The fraction of sp³-hybridized carbons (Fsp3) is 0.471. The first-order valence-electron chi connectivity index (χ1n) is 6.97. The molecular weight excluding hydrogens is 328 g/mol. The van der Waals surface area contributed by atoms with E-state index in [1.54, 1.807) is 0 Å². The van der Waals surface area contributed by atoms with Crippen molar-refractivity contribution >= 4 is 28.8 Å². The van der Waals surface area contributed by atoms with Crippen LogP contribution in [0.3, 0.4) is 0 Å². The van der Waals surface area contributed by atoms with Gasteiger partial charge in [0.15, 0.2) is 5.78 Å². The van der Waals surface area contributed by atoms with Gasteiger partial charge in [-0.15, -0.1) is 17.0 Å². The highest BCUT2D eigenvalue weighted by Gasteiger charge is 2.21. The molecule has 0 heterocycles. The van der Waals surface area contributed by atoms with Crippen molar-refractivity contribution < 1.29 is 4.79 Å². The second kappa shape index (κ2) is 9.87. The van der Waals surface area contributed by atoms with Crippen molar-refractivity contribution in [2.75, 3.05) is 41.3 Å². The van der Waals surface area contributed by atoms with E-state index < -0.39 is 0 Å². The average Bonchev–Trinajstić information content (AvgIpc) is 2.37. The molecule has 0 atom stereocenters. The van der Waals surface area contributed by atoms with Gasteiger partial charge in [-0.3, -0.25) is 4.79 Å². The molecule has 0 aliphatic rings. The van der Waals surface area contributed by atoms with Crippen LogP contribution < -0.4 is 0 Å². The van der Waals surface area contributed by atoms with Crippen LogP contribution in [0.1, 0.15) is 12.5 Å². The van der Waals surface area contributed by atoms with Crippen LogP contribution in [0.5, 0.6) is 0 Å². The fourth-order valence-electron chi connectivity index (χ4n) is 2.30. The van der Waals surface area contributed by atoms with Crippen molar-refractivity contribution in [3.8, 4) is 0 Å². The lowest BCUT2D eigenvalue weighted by Gasteiger charge is -2.23. The molecule has 0 N–H and O–H groups in total. The fourth-order valence-corrected chi connectivity index (χ4v) is 2.30. The number of carbonyl (C=O) groups is 1. The van der Waals surface area contributed by atoms with Crippen molar-refractivity contribution in [2.45, 2.75) is 6.92 Å². The Morgan fingerprint density at radius 2 is 1.52 bits per heavy atom. The van der Waals surface area contributed by atoms with Crippen molar-refractivity contribution in [3.63, 3.8) is 0 Å². The molecule has 0 aliphatic carbocycles. The number of hydrogen-bond donors (Lipinski definition) is 0. The van der Waals surface area contributed by atoms with E-state index in [9.17, 15) is 4.79 Å². The molecule has 21 heavy (non-hydrogen) atoms. The maximum Gasteiger partial charge on any atom is 0.164 e. The van der Waals surface area contributed by atoms with E-state index in [4.69, 9.17) is 0 Å². The van der Waals surface area contributed by atoms with E-state index in [0.717, 1.165) is 24.2 Å². The standard InChI is InChI=1S/C17H26N2O.BrH/c1-14(11-15-9-7-6-8-10-15)17(20)16(12-18(2)3)13-19(4)5;/h6-11,16H,12-13H2,1-5H3;1H/b14-11+;. The predicted molar refractivity (Wildman–Crippen MR) is 96.0 cm³/mol. The monoisotopic (exact) mass is 354 g/mol. The molecule has 118 valence electrons. The van der Waals surface area contributed by atoms with Gasteiger partial charge in [-0.25, -0.2) is 0 Å². The summed E-state index contributed by atoms with van der Waals surface area (Å²) in [5.41, 5.74) is 1.90. The number of carbonyl (C=O) groups excluding carboxylic acids is 1. The van der Waals surface area contributed by atoms with Gasteiger partial charge < -0.3 is 9.80 Å². The SMILES string of the molecule is Br.C/C(=C\c1ccccc1)C(=O)C(CN(C)C)CN(C)C. The zero-order valence-corrected chi connectivity index (χ0v) is 15.4. The molecule has 0 saturated heterocycles. The minimum Gasteiger partial charge on any atom is -0.309 e. The van der Waals surface area contributed by atoms with Crippen LogP contribution in [0.4, 0.5) is 0 Å². The maximum atomic E-state index is 12.6. The van der Waals surface area contributed by atoms with Gasteiger partial charge in [-0.05, 0) is 52.3 Å². The summed E-state index contributed by atoms with van der Waals surface area (Å²) in [5.74, 6) is 0.246. The molecule has 0 bridgehead atoms. The predicted octanol–water partition coefficient (Wildman–Crippen LogP) is 2.98. The molecule has 0 radical (unpaired) electrons. The number of Topliss-reactive ketones (excluding diaryl/α,β-unsaturated/α-hetero) is 1. The molecule has 0 amide bonds. The van der Waals surface area contributed by atoms with Gasteiger partial charge in [0, 0.05) is 19.0 Å². The Balaban J connectivity index is 0.00000400. The van der Waals surface area contributed by atoms with Crippen LogP contribution in [0, 0.1) is 5.92 Å². The van der Waals surface area contributed by atoms with Gasteiger partial charge in [0.1, 0.15) is 0 Å². The van der Waals surface area contributed by atoms with Gasteiger partial charge in [0.25, 0.3) is 0 Å². The molecular formula is C17H27BrN2O. The molecule has 1 aromatic rings. The van der Waals surface area contributed by atoms with Crippen molar-refractivity contribution in [1.82, 2.24) is 9.80 Å². The summed E-state index contributed by atoms with van der Waals surface area (Å²) in [6, 6.07) is 9.99. The summed E-state index contributed by atoms with van der Waals surface area (Å²) in [6.45, 7) is 3.46. The molecule has 4 heteroatoms. The van der Waals surface area contributed by atoms with E-state index in [0.29, 0.717) is 0 Å². The van der Waals surface area contributed by atoms with Gasteiger partial charge in [-0.1, -0.05) is 30.3 Å². The third kappa shape index (κ3) is 7.55. The maximum absolute atomic E-state index is 12.6. The highest BCUT2D eigenvalue weighted by Crippen LogP contribution is 2.13. The lowest BCUT2D eigenvalue weighted by molar-refractivity contribution is -0.120. The van der Waals surface area contributed by atoms with Gasteiger partial charge in [0.2, 0.25) is 0 Å². The number of allylic oxidation sites excluding steroid dienone is 1. The number of halogens is 1. The second-order valence-electron chi connectivity index (χ2n) is 5.82. The Morgan fingerprint density at radius 3 is 1.95 bits per heavy atom. The minimum absolute atomic E-state index is 0. The first kappa shape index (κ1) is 20.0. The molecule has 3 nitrogen and oxygen atoms in total. The van der Waals surface area contributed by atoms with E-state index in [1.807, 2.05) is 71.5 Å². The largest absolute Gasteiger partial charge is 0.309 e. The molecule has 0 unspecified atom stereocenters. The molecule has 0 aliphatic heterocycles. The Hall–Kier alpha value is -0.970. The number of nitrogens with zero attached hydrogens (tertiary/aromatic N) is 2. The third-order valence-corrected chi connectivity index (χ3v) is 3.11. The summed E-state index contributed by atoms with van der Waals surface area (Å²) >= 11 is 0. The lowest BCUT2D eigenvalue weighted by atomic mass is 9.96. The second-order valence-corrected chi connectivity index (χ2v) is 5.82. The number of benzene rings is 1. The van der Waals surface area contributed by atoms with Gasteiger partial charge >= 0.3 is 0 Å². The molecule has 0 spiro atoms. The van der Waals surface area contributed by atoms with E-state index >= 15 is 0 Å². The van der Waals surface area contributed by atoms with E-state index in [-0.39, 0.29) is 28.7 Å². The number of hydrogen-bond acceptors (Lipinski definition) is 3. The molecule has 1 aromatic carbocycles. The topological polar surface area (TPSA) is 23.6 Å². The highest BCUT2D eigenvalue weighted by atomic mass is 79.9. The first-order chi connectivity index (χ1) is 9.40. The lowest BCUT2D eigenvalue weighted by Crippen LogP contribution is -2.36. The van der Waals surface area contributed by atoms with Crippen molar-refractivity contribution in [3.05, 3.63) is 41.5 Å². The summed E-state index contributed by atoms with van der Waals surface area (Å²) in [7, 11) is 8.02. The molecule has 0 saturated carbocycles. The average molecular weight is 355 g/mol. The zero-order chi connectivity index (χ0) is 15.1. The normalized spacial score (nSPS) is 11.9. The van der Waals surface area contributed by atoms with Gasteiger partial charge in [-0.2, -0.15) is 0 Å². The van der Waals surface area contributed by atoms with Crippen LogP contribution in [0.2, 0.25) is 0 Å². The van der Waals surface area contributed by atoms with Crippen LogP contribution >= 0.6 is 17.0 Å². The van der Waals surface area contributed by atoms with Crippen molar-refractivity contribution in [2.24, 2.45) is 5.92 Å². The highest BCUT2D eigenvalue weighted by molar-refractivity contribution is 8.93. The minimum atomic E-state index is 0. The zero-order valence-electron chi connectivity index (χ0n) is 13.7. The summed E-state index contributed by atoms with van der Waals surface area (Å²) < 4.78 is 0. The quantitative estimate of drug-likeness (QED) is 0.703. The van der Waals surface area contributed by atoms with Crippen LogP contribution in [-0.2, 0) is 4.79 Å². The molecule has 0 fully saturated rings. The number of rotatable bonds is 7. The van der Waals surface area contributed by atoms with E-state index in [1.165, 1.54) is 0 Å². The van der Waals surface area contributed by atoms with Crippen LogP contribution in [0.15, 0.2) is 35.9 Å². The third-order valence-electron chi connectivity index (χ3n) is 3.11. The summed E-state index contributed by atoms with van der Waals surface area (Å²) in [4.78, 5) is 16.7. The number of ketones is 1. The molecule has 1 rings (SSSR count). The van der Waals surface area contributed by atoms with Crippen LogP contribution in [-0.4, -0.2) is 56.9 Å². The first-order valence-corrected chi connectivity index (χ1v) is 6.97. The summed E-state index contributed by atoms with van der Waals surface area (Å²) in [6.07, 6.45) is 1.97. The molecule has 0 aromatic heterocycles. The van der Waals surface area contributed by atoms with Crippen molar-refractivity contribution in [1.29, 1.82) is 0 Å². The van der Waals surface area contributed by atoms with Gasteiger partial charge in [0.05, 0.1) is 0 Å². The smallest absolute Gasteiger partial charge is 0.164 e. The Labute approximate surface area is 139 Å². The Kier molecular flexibility index (Phi) is 9.42. The Bertz CT molecular complexity index is 445. The summed E-state index contributed by atoms with van der Waals surface area (Å²) in [5, 5.41) is 0. The Morgan fingerprint density at radius 1 is 1.05 bits per heavy atom.